The lowest BCUT2D eigenvalue weighted by Crippen LogP contribution is -2.48. The van der Waals surface area contributed by atoms with Gasteiger partial charge in [0, 0.05) is 50.0 Å². The second kappa shape index (κ2) is 10.8. The van der Waals surface area contributed by atoms with E-state index in [9.17, 15) is 14.7 Å². The van der Waals surface area contributed by atoms with Crippen molar-refractivity contribution in [2.45, 2.75) is 6.54 Å². The first-order chi connectivity index (χ1) is 17.4. The Kier molecular flexibility index (Phi) is 7.38. The molecule has 3 heterocycles. The molecule has 1 fully saturated rings. The number of carbonyl (C=O) groups excluding carboxylic acids is 1. The second-order valence-electron chi connectivity index (χ2n) is 8.19. The lowest BCUT2D eigenvalue weighted by molar-refractivity contribution is 0.1000. The van der Waals surface area contributed by atoms with E-state index in [-0.39, 0.29) is 0 Å². The van der Waals surface area contributed by atoms with Crippen LogP contribution >= 0.6 is 0 Å². The maximum atomic E-state index is 12.0. The fourth-order valence-electron chi connectivity index (χ4n) is 3.96. The number of carboxylic acid groups (broad SMARTS) is 1. The fraction of sp³-hybridized carbons (Fsp3) is 0.280. The minimum atomic E-state index is -0.945. The molecule has 2 amide bonds. The third-order valence-corrected chi connectivity index (χ3v) is 5.95. The molecule has 0 unspecified atom stereocenters. The highest BCUT2D eigenvalue weighted by molar-refractivity contribution is 5.94. The van der Waals surface area contributed by atoms with E-state index in [4.69, 9.17) is 20.2 Å². The van der Waals surface area contributed by atoms with Gasteiger partial charge in [-0.15, -0.1) is 0 Å². The van der Waals surface area contributed by atoms with Crippen LogP contribution in [0.5, 0.6) is 11.5 Å². The Hall–Kier alpha value is -4.54. The highest BCUT2D eigenvalue weighted by Gasteiger charge is 2.22. The van der Waals surface area contributed by atoms with Crippen molar-refractivity contribution in [3.05, 3.63) is 59.8 Å². The SMILES string of the molecule is COc1ccc(CNc2cc(-c3cc(C(N)=O)cc(N4CCN(C(=O)O)CC4)n3)ccn2)cc1OC. The number of pyridine rings is 2. The molecule has 1 saturated heterocycles. The first kappa shape index (κ1) is 24.6. The van der Waals surface area contributed by atoms with Gasteiger partial charge in [-0.2, -0.15) is 0 Å². The summed E-state index contributed by atoms with van der Waals surface area (Å²) in [5.41, 5.74) is 8.23. The Balaban J connectivity index is 1.55. The van der Waals surface area contributed by atoms with Crippen molar-refractivity contribution in [3.8, 4) is 22.8 Å². The van der Waals surface area contributed by atoms with Crippen LogP contribution in [-0.2, 0) is 6.54 Å². The van der Waals surface area contributed by atoms with Gasteiger partial charge in [-0.1, -0.05) is 6.07 Å². The molecule has 188 valence electrons. The van der Waals surface area contributed by atoms with Gasteiger partial charge in [-0.05, 0) is 42.0 Å². The predicted molar refractivity (Wildman–Crippen MR) is 135 cm³/mol. The Morgan fingerprint density at radius 2 is 1.78 bits per heavy atom. The van der Waals surface area contributed by atoms with E-state index in [0.717, 1.165) is 11.1 Å². The molecule has 0 saturated carbocycles. The maximum Gasteiger partial charge on any atom is 0.407 e. The molecule has 2 aromatic heterocycles. The second-order valence-corrected chi connectivity index (χ2v) is 8.19. The molecule has 4 N–H and O–H groups in total. The van der Waals surface area contributed by atoms with Gasteiger partial charge in [0.2, 0.25) is 5.91 Å². The quantitative estimate of drug-likeness (QED) is 0.432. The standard InChI is InChI=1S/C25H28N6O5/c1-35-20-4-3-16(11-21(20)36-2)15-28-22-13-17(5-6-27-22)19-12-18(24(26)32)14-23(29-19)30-7-9-31(10-8-30)25(33)34/h3-6,11-14H,7-10,15H2,1-2H3,(H2,26,32)(H,27,28)(H,33,34). The first-order valence-corrected chi connectivity index (χ1v) is 11.3. The lowest BCUT2D eigenvalue weighted by Gasteiger charge is -2.34. The van der Waals surface area contributed by atoms with Crippen LogP contribution < -0.4 is 25.4 Å². The summed E-state index contributed by atoms with van der Waals surface area (Å²) in [5, 5.41) is 12.5. The van der Waals surface area contributed by atoms with Gasteiger partial charge in [-0.25, -0.2) is 14.8 Å². The van der Waals surface area contributed by atoms with Gasteiger partial charge in [0.15, 0.2) is 11.5 Å². The van der Waals surface area contributed by atoms with Crippen LogP contribution in [0, 0.1) is 0 Å². The Bertz CT molecular complexity index is 1260. The van der Waals surface area contributed by atoms with E-state index in [1.807, 2.05) is 29.2 Å². The number of piperazine rings is 1. The number of nitrogens with two attached hydrogens (primary N) is 1. The number of carbonyl (C=O) groups is 2. The summed E-state index contributed by atoms with van der Waals surface area (Å²) >= 11 is 0. The molecule has 3 aromatic rings. The summed E-state index contributed by atoms with van der Waals surface area (Å²) in [6.45, 7) is 2.15. The molecule has 1 aromatic carbocycles. The van der Waals surface area contributed by atoms with Gasteiger partial charge in [-0.3, -0.25) is 4.79 Å². The Morgan fingerprint density at radius 1 is 1.03 bits per heavy atom. The molecular formula is C25H28N6O5. The van der Waals surface area contributed by atoms with Crippen LogP contribution in [-0.4, -0.2) is 72.4 Å². The molecule has 0 spiro atoms. The van der Waals surface area contributed by atoms with Gasteiger partial charge in [0.1, 0.15) is 11.6 Å². The summed E-state index contributed by atoms with van der Waals surface area (Å²) in [6, 6.07) is 12.6. The number of hydrogen-bond donors (Lipinski definition) is 3. The molecule has 11 heteroatoms. The molecule has 0 radical (unpaired) electrons. The number of aromatic nitrogens is 2. The van der Waals surface area contributed by atoms with E-state index in [1.165, 1.54) is 4.90 Å². The minimum absolute atomic E-state index is 0.326. The molecule has 0 aliphatic carbocycles. The smallest absolute Gasteiger partial charge is 0.407 e. The number of nitrogens with one attached hydrogen (secondary N) is 1. The zero-order valence-corrected chi connectivity index (χ0v) is 20.1. The summed E-state index contributed by atoms with van der Waals surface area (Å²) < 4.78 is 10.6. The van der Waals surface area contributed by atoms with Gasteiger partial charge in [0.05, 0.1) is 19.9 Å². The van der Waals surface area contributed by atoms with Crippen LogP contribution in [0.15, 0.2) is 48.7 Å². The number of benzene rings is 1. The average molecular weight is 493 g/mol. The van der Waals surface area contributed by atoms with Crippen molar-refractivity contribution >= 4 is 23.6 Å². The Labute approximate surface area is 208 Å². The van der Waals surface area contributed by atoms with Crippen molar-refractivity contribution in [1.29, 1.82) is 0 Å². The molecule has 11 nitrogen and oxygen atoms in total. The lowest BCUT2D eigenvalue weighted by atomic mass is 10.1. The molecule has 0 bridgehead atoms. The number of amides is 2. The van der Waals surface area contributed by atoms with Crippen molar-refractivity contribution < 1.29 is 24.2 Å². The number of primary amides is 1. The summed E-state index contributed by atoms with van der Waals surface area (Å²) in [5.74, 6) is 1.93. The summed E-state index contributed by atoms with van der Waals surface area (Å²) in [6.07, 6.45) is 0.718. The van der Waals surface area contributed by atoms with Crippen molar-refractivity contribution in [3.63, 3.8) is 0 Å². The predicted octanol–water partition coefficient (Wildman–Crippen LogP) is 2.67. The molecule has 4 rings (SSSR count). The van der Waals surface area contributed by atoms with Gasteiger partial charge < -0.3 is 35.4 Å². The van der Waals surface area contributed by atoms with Crippen LogP contribution in [0.1, 0.15) is 15.9 Å². The third-order valence-electron chi connectivity index (χ3n) is 5.95. The fourth-order valence-corrected chi connectivity index (χ4v) is 3.96. The Morgan fingerprint density at radius 3 is 2.44 bits per heavy atom. The first-order valence-electron chi connectivity index (χ1n) is 11.3. The van der Waals surface area contributed by atoms with Crippen molar-refractivity contribution in [2.75, 3.05) is 50.6 Å². The molecule has 36 heavy (non-hydrogen) atoms. The molecule has 1 aliphatic heterocycles. The maximum absolute atomic E-state index is 12.0. The normalized spacial score (nSPS) is 13.3. The van der Waals surface area contributed by atoms with E-state index in [1.54, 1.807) is 38.6 Å². The van der Waals surface area contributed by atoms with E-state index in [0.29, 0.717) is 67.1 Å². The van der Waals surface area contributed by atoms with Gasteiger partial charge >= 0.3 is 6.09 Å². The molecule has 1 aliphatic rings. The number of nitrogens with zero attached hydrogens (tertiary/aromatic N) is 4. The topological polar surface area (TPSA) is 143 Å². The van der Waals surface area contributed by atoms with Gasteiger partial charge in [0.25, 0.3) is 0 Å². The van der Waals surface area contributed by atoms with Crippen LogP contribution in [0.2, 0.25) is 0 Å². The average Bonchev–Trinajstić information content (AvgIpc) is 2.91. The van der Waals surface area contributed by atoms with E-state index >= 15 is 0 Å². The number of methoxy groups -OCH3 is 2. The van der Waals surface area contributed by atoms with E-state index < -0.39 is 12.0 Å². The van der Waals surface area contributed by atoms with Crippen LogP contribution in [0.25, 0.3) is 11.3 Å². The molecule has 0 atom stereocenters. The van der Waals surface area contributed by atoms with Crippen molar-refractivity contribution in [1.82, 2.24) is 14.9 Å². The zero-order chi connectivity index (χ0) is 25.7. The summed E-state index contributed by atoms with van der Waals surface area (Å²) in [4.78, 5) is 35.7. The third kappa shape index (κ3) is 5.57. The number of rotatable bonds is 8. The number of anilines is 2. The number of hydrogen-bond acceptors (Lipinski definition) is 8. The zero-order valence-electron chi connectivity index (χ0n) is 20.1. The van der Waals surface area contributed by atoms with E-state index in [2.05, 4.69) is 10.3 Å². The number of ether oxygens (including phenoxy) is 2. The molecular weight excluding hydrogens is 464 g/mol. The summed E-state index contributed by atoms with van der Waals surface area (Å²) in [7, 11) is 3.18. The van der Waals surface area contributed by atoms with Crippen molar-refractivity contribution in [2.24, 2.45) is 5.73 Å². The highest BCUT2D eigenvalue weighted by Crippen LogP contribution is 2.28. The monoisotopic (exact) mass is 492 g/mol. The minimum Gasteiger partial charge on any atom is -0.493 e. The largest absolute Gasteiger partial charge is 0.493 e. The van der Waals surface area contributed by atoms with Crippen LogP contribution in [0.4, 0.5) is 16.4 Å². The highest BCUT2D eigenvalue weighted by atomic mass is 16.5. The van der Waals surface area contributed by atoms with Crippen LogP contribution in [0.3, 0.4) is 0 Å².